The van der Waals surface area contributed by atoms with Crippen LogP contribution in [0, 0.1) is 13.8 Å². The Labute approximate surface area is 183 Å². The zero-order chi connectivity index (χ0) is 21.9. The maximum absolute atomic E-state index is 12.8. The van der Waals surface area contributed by atoms with Gasteiger partial charge in [0.25, 0.3) is 10.0 Å². The number of hydrogen-bond acceptors (Lipinski definition) is 5. The second kappa shape index (κ2) is 9.03. The number of aromatic nitrogens is 1. The minimum Gasteiger partial charge on any atom is -0.326 e. The van der Waals surface area contributed by atoms with Gasteiger partial charge in [-0.05, 0) is 49.7 Å². The normalized spacial score (nSPS) is 11.3. The molecule has 0 bridgehead atoms. The predicted octanol–water partition coefficient (Wildman–Crippen LogP) is 4.01. The quantitative estimate of drug-likeness (QED) is 0.550. The molecule has 10 heteroatoms. The zero-order valence-electron chi connectivity index (χ0n) is 16.3. The number of thiazole rings is 1. The van der Waals surface area contributed by atoms with Crippen molar-refractivity contribution in [1.29, 1.82) is 0 Å². The van der Waals surface area contributed by atoms with Gasteiger partial charge in [0.2, 0.25) is 5.91 Å². The van der Waals surface area contributed by atoms with Crippen LogP contribution in [0.1, 0.15) is 17.7 Å². The third kappa shape index (κ3) is 5.29. The van der Waals surface area contributed by atoms with E-state index in [9.17, 15) is 18.0 Å². The van der Waals surface area contributed by atoms with E-state index in [1.165, 1.54) is 16.7 Å². The van der Waals surface area contributed by atoms with Crippen molar-refractivity contribution in [2.45, 2.75) is 31.7 Å². The molecule has 3 rings (SSSR count). The molecule has 0 aliphatic heterocycles. The fourth-order valence-corrected chi connectivity index (χ4v) is 5.11. The number of nitrogens with zero attached hydrogens (tertiary/aromatic N) is 1. The van der Waals surface area contributed by atoms with Gasteiger partial charge < -0.3 is 9.88 Å². The van der Waals surface area contributed by atoms with Crippen LogP contribution in [-0.4, -0.2) is 18.9 Å². The van der Waals surface area contributed by atoms with Crippen molar-refractivity contribution in [2.24, 2.45) is 0 Å². The van der Waals surface area contributed by atoms with Gasteiger partial charge in [0, 0.05) is 34.7 Å². The molecule has 0 atom stereocenters. The van der Waals surface area contributed by atoms with Crippen molar-refractivity contribution in [3.8, 4) is 0 Å². The van der Waals surface area contributed by atoms with Crippen LogP contribution >= 0.6 is 22.9 Å². The number of amides is 1. The van der Waals surface area contributed by atoms with Crippen LogP contribution in [0.25, 0.3) is 0 Å². The number of carbonyl (C=O) groups is 1. The van der Waals surface area contributed by atoms with Gasteiger partial charge in [-0.1, -0.05) is 35.1 Å². The molecular formula is C20H20ClN3O4S2. The van der Waals surface area contributed by atoms with Gasteiger partial charge in [0.05, 0.1) is 10.6 Å². The Morgan fingerprint density at radius 3 is 2.57 bits per heavy atom. The summed E-state index contributed by atoms with van der Waals surface area (Å²) in [7, 11) is -3.88. The van der Waals surface area contributed by atoms with Crippen LogP contribution in [0.5, 0.6) is 0 Å². The molecule has 0 spiro atoms. The number of nitrogens with one attached hydrogen (secondary N) is 2. The molecule has 0 unspecified atom stereocenters. The number of sulfonamides is 1. The summed E-state index contributed by atoms with van der Waals surface area (Å²) in [5.41, 5.74) is 2.02. The SMILES string of the molecule is Cc1ccc(NC(=O)CCn2c(C)csc2=O)cc1S(=O)(=O)Nc1cccc(Cl)c1. The molecular weight excluding hydrogens is 446 g/mol. The molecule has 2 aromatic carbocycles. The Balaban J connectivity index is 1.74. The second-order valence-electron chi connectivity index (χ2n) is 6.69. The monoisotopic (exact) mass is 465 g/mol. The number of halogens is 1. The lowest BCUT2D eigenvalue weighted by atomic mass is 10.2. The topological polar surface area (TPSA) is 97.3 Å². The Morgan fingerprint density at radius 1 is 1.13 bits per heavy atom. The van der Waals surface area contributed by atoms with Crippen molar-refractivity contribution in [3.63, 3.8) is 0 Å². The number of aryl methyl sites for hydroxylation is 2. The molecule has 0 radical (unpaired) electrons. The number of hydrogen-bond donors (Lipinski definition) is 2. The highest BCUT2D eigenvalue weighted by Crippen LogP contribution is 2.24. The highest BCUT2D eigenvalue weighted by atomic mass is 35.5. The van der Waals surface area contributed by atoms with Gasteiger partial charge >= 0.3 is 4.87 Å². The van der Waals surface area contributed by atoms with Crippen LogP contribution in [0.2, 0.25) is 5.02 Å². The van der Waals surface area contributed by atoms with E-state index in [-0.39, 0.29) is 28.6 Å². The fraction of sp³-hybridized carbons (Fsp3) is 0.200. The molecule has 0 aliphatic rings. The van der Waals surface area contributed by atoms with Crippen LogP contribution in [0.3, 0.4) is 0 Å². The standard InChI is InChI=1S/C20H20ClN3O4S2/c1-13-6-7-16(22-19(25)8-9-24-14(2)12-29-20(24)26)11-18(13)30(27,28)23-17-5-3-4-15(21)10-17/h3-7,10-12,23H,8-9H2,1-2H3,(H,22,25). The van der Waals surface area contributed by atoms with Crippen LogP contribution in [-0.2, 0) is 21.4 Å². The van der Waals surface area contributed by atoms with Crippen molar-refractivity contribution in [2.75, 3.05) is 10.0 Å². The summed E-state index contributed by atoms with van der Waals surface area (Å²) in [6.45, 7) is 3.73. The lowest BCUT2D eigenvalue weighted by molar-refractivity contribution is -0.116. The van der Waals surface area contributed by atoms with Gasteiger partial charge in [0.1, 0.15) is 0 Å². The third-order valence-corrected chi connectivity index (χ3v) is 7.02. The largest absolute Gasteiger partial charge is 0.326 e. The molecule has 1 amide bonds. The summed E-state index contributed by atoms with van der Waals surface area (Å²) < 4.78 is 29.7. The van der Waals surface area contributed by atoms with Crippen LogP contribution < -0.4 is 14.9 Å². The number of anilines is 2. The Morgan fingerprint density at radius 2 is 1.90 bits per heavy atom. The number of rotatable bonds is 7. The molecule has 7 nitrogen and oxygen atoms in total. The van der Waals surface area contributed by atoms with E-state index < -0.39 is 10.0 Å². The molecule has 1 heterocycles. The van der Waals surface area contributed by atoms with E-state index in [1.54, 1.807) is 49.6 Å². The number of benzene rings is 2. The lowest BCUT2D eigenvalue weighted by Crippen LogP contribution is -2.20. The van der Waals surface area contributed by atoms with E-state index in [0.717, 1.165) is 17.0 Å². The van der Waals surface area contributed by atoms with Gasteiger partial charge in [-0.25, -0.2) is 8.42 Å². The number of carbonyl (C=O) groups excluding carboxylic acids is 1. The molecule has 0 aliphatic carbocycles. The minimum atomic E-state index is -3.88. The summed E-state index contributed by atoms with van der Waals surface area (Å²) in [6.07, 6.45) is 0.0915. The summed E-state index contributed by atoms with van der Waals surface area (Å²) in [4.78, 5) is 24.0. The molecule has 2 N–H and O–H groups in total. The lowest BCUT2D eigenvalue weighted by Gasteiger charge is -2.13. The summed E-state index contributed by atoms with van der Waals surface area (Å²) >= 11 is 7.00. The Hall–Kier alpha value is -2.62. The average Bonchev–Trinajstić information content (AvgIpc) is 2.99. The smallest absolute Gasteiger partial charge is 0.307 e. The third-order valence-electron chi connectivity index (χ3n) is 4.38. The van der Waals surface area contributed by atoms with Crippen molar-refractivity contribution in [3.05, 3.63) is 73.8 Å². The van der Waals surface area contributed by atoms with Gasteiger partial charge in [0.15, 0.2) is 0 Å². The predicted molar refractivity (Wildman–Crippen MR) is 120 cm³/mol. The minimum absolute atomic E-state index is 0.0465. The second-order valence-corrected chi connectivity index (χ2v) is 9.60. The van der Waals surface area contributed by atoms with E-state index in [0.29, 0.717) is 22.0 Å². The molecule has 1 aromatic heterocycles. The molecule has 0 saturated carbocycles. The van der Waals surface area contributed by atoms with Crippen molar-refractivity contribution in [1.82, 2.24) is 4.57 Å². The first-order valence-electron chi connectivity index (χ1n) is 8.99. The molecule has 158 valence electrons. The first-order chi connectivity index (χ1) is 14.2. The van der Waals surface area contributed by atoms with E-state index in [2.05, 4.69) is 10.0 Å². The highest BCUT2D eigenvalue weighted by molar-refractivity contribution is 7.92. The van der Waals surface area contributed by atoms with Crippen LogP contribution in [0.4, 0.5) is 11.4 Å². The first-order valence-corrected chi connectivity index (χ1v) is 11.7. The molecule has 0 saturated heterocycles. The van der Waals surface area contributed by atoms with E-state index in [4.69, 9.17) is 11.6 Å². The van der Waals surface area contributed by atoms with E-state index >= 15 is 0 Å². The molecule has 30 heavy (non-hydrogen) atoms. The van der Waals surface area contributed by atoms with Gasteiger partial charge in [-0.2, -0.15) is 0 Å². The molecule has 0 fully saturated rings. The van der Waals surface area contributed by atoms with Gasteiger partial charge in [-0.15, -0.1) is 0 Å². The Bertz CT molecular complexity index is 1250. The first kappa shape index (κ1) is 22.1. The molecule has 3 aromatic rings. The van der Waals surface area contributed by atoms with Gasteiger partial charge in [-0.3, -0.25) is 14.3 Å². The maximum atomic E-state index is 12.8. The van der Waals surface area contributed by atoms with Crippen molar-refractivity contribution >= 4 is 50.2 Å². The highest BCUT2D eigenvalue weighted by Gasteiger charge is 2.18. The zero-order valence-corrected chi connectivity index (χ0v) is 18.7. The fourth-order valence-electron chi connectivity index (χ4n) is 2.84. The summed E-state index contributed by atoms with van der Waals surface area (Å²) in [5.74, 6) is -0.317. The van der Waals surface area contributed by atoms with Crippen LogP contribution in [0.15, 0.2) is 57.5 Å². The average molecular weight is 466 g/mol. The Kier molecular flexibility index (Phi) is 6.64. The summed E-state index contributed by atoms with van der Waals surface area (Å²) in [6, 6.07) is 11.1. The van der Waals surface area contributed by atoms with Crippen molar-refractivity contribution < 1.29 is 13.2 Å². The summed E-state index contributed by atoms with van der Waals surface area (Å²) in [5, 5.41) is 4.84. The van der Waals surface area contributed by atoms with E-state index in [1.807, 2.05) is 0 Å². The maximum Gasteiger partial charge on any atom is 0.307 e.